The Hall–Kier alpha value is -3.99. The number of methoxy groups -OCH3 is 3. The van der Waals surface area contributed by atoms with Gasteiger partial charge in [-0.2, -0.15) is 0 Å². The first-order chi connectivity index (χ1) is 15.4. The van der Waals surface area contributed by atoms with E-state index in [1.54, 1.807) is 19.1 Å². The van der Waals surface area contributed by atoms with Crippen molar-refractivity contribution in [2.75, 3.05) is 38.6 Å². The molecule has 32 heavy (non-hydrogen) atoms. The predicted molar refractivity (Wildman–Crippen MR) is 114 cm³/mol. The van der Waals surface area contributed by atoms with E-state index in [0.717, 1.165) is 0 Å². The first-order valence-corrected chi connectivity index (χ1v) is 9.30. The second-order valence-corrected chi connectivity index (χ2v) is 6.55. The van der Waals surface area contributed by atoms with Gasteiger partial charge in [-0.25, -0.2) is 19.2 Å². The zero-order chi connectivity index (χ0) is 23.3. The second kappa shape index (κ2) is 9.88. The summed E-state index contributed by atoms with van der Waals surface area (Å²) < 4.78 is 34.3. The van der Waals surface area contributed by atoms with Crippen molar-refractivity contribution in [1.82, 2.24) is 9.97 Å². The summed E-state index contributed by atoms with van der Waals surface area (Å²) in [6, 6.07) is 5.75. The lowest BCUT2D eigenvalue weighted by Gasteiger charge is -2.15. The molecule has 3 rings (SSSR count). The van der Waals surface area contributed by atoms with Crippen LogP contribution in [0.25, 0.3) is 10.9 Å². The fourth-order valence-electron chi connectivity index (χ4n) is 2.88. The molecule has 0 aliphatic carbocycles. The van der Waals surface area contributed by atoms with Gasteiger partial charge >= 0.3 is 6.16 Å². The number of rotatable bonds is 7. The average Bonchev–Trinajstić information content (AvgIpc) is 2.76. The number of aryl methyl sites for hydroxylation is 1. The van der Waals surface area contributed by atoms with Crippen LogP contribution in [-0.2, 0) is 14.3 Å². The number of hydrogen-bond donors (Lipinski definition) is 2. The summed E-state index contributed by atoms with van der Waals surface area (Å²) in [5.74, 6) is -0.201. The number of ether oxygens (including phenoxy) is 4. The minimum atomic E-state index is -0.925. The minimum absolute atomic E-state index is 0.0194. The summed E-state index contributed by atoms with van der Waals surface area (Å²) in [4.78, 5) is 31.7. The highest BCUT2D eigenvalue weighted by molar-refractivity contribution is 5.99. The topological polar surface area (TPSA) is 121 Å². The summed E-state index contributed by atoms with van der Waals surface area (Å²) in [7, 11) is 4.03. The molecule has 0 unspecified atom stereocenters. The van der Waals surface area contributed by atoms with Crippen molar-refractivity contribution in [3.05, 3.63) is 42.0 Å². The third kappa shape index (κ3) is 5.01. The average molecular weight is 444 g/mol. The number of aromatic nitrogens is 2. The van der Waals surface area contributed by atoms with Crippen LogP contribution >= 0.6 is 0 Å². The van der Waals surface area contributed by atoms with Crippen LogP contribution in [0.5, 0.6) is 11.5 Å². The van der Waals surface area contributed by atoms with Crippen LogP contribution in [0.2, 0.25) is 0 Å². The smallest absolute Gasteiger partial charge is 0.495 e. The van der Waals surface area contributed by atoms with E-state index in [4.69, 9.17) is 14.2 Å². The van der Waals surface area contributed by atoms with Crippen molar-refractivity contribution in [3.63, 3.8) is 0 Å². The number of halogens is 1. The third-order valence-electron chi connectivity index (χ3n) is 4.38. The highest BCUT2D eigenvalue weighted by atomic mass is 19.1. The molecule has 2 N–H and O–H groups in total. The molecule has 1 heterocycles. The molecule has 0 bridgehead atoms. The Kier molecular flexibility index (Phi) is 7.00. The monoisotopic (exact) mass is 444 g/mol. The Morgan fingerprint density at radius 1 is 1.03 bits per heavy atom. The van der Waals surface area contributed by atoms with Crippen LogP contribution < -0.4 is 20.1 Å². The number of benzene rings is 2. The number of nitrogens with zero attached hydrogens (tertiary/aromatic N) is 2. The Morgan fingerprint density at radius 3 is 2.50 bits per heavy atom. The Morgan fingerprint density at radius 2 is 1.81 bits per heavy atom. The molecule has 0 radical (unpaired) electrons. The lowest BCUT2D eigenvalue weighted by molar-refractivity contribution is -0.119. The van der Waals surface area contributed by atoms with Gasteiger partial charge < -0.3 is 29.6 Å². The van der Waals surface area contributed by atoms with E-state index < -0.39 is 12.0 Å². The number of fused-ring (bicyclic) bond motifs is 1. The molecule has 0 saturated carbocycles. The maximum Gasteiger partial charge on any atom is 0.513 e. The SMILES string of the molecule is COCC(=O)Nc1cc2ncnc(Nc3cc(OC(=O)OC)c(C)cc3F)c2cc1OC. The van der Waals surface area contributed by atoms with Gasteiger partial charge in [-0.05, 0) is 30.7 Å². The highest BCUT2D eigenvalue weighted by Gasteiger charge is 2.16. The molecule has 0 aliphatic rings. The first-order valence-electron chi connectivity index (χ1n) is 9.30. The number of nitrogens with one attached hydrogen (secondary N) is 2. The number of hydrogen-bond acceptors (Lipinski definition) is 9. The van der Waals surface area contributed by atoms with E-state index in [0.29, 0.717) is 27.9 Å². The number of anilines is 3. The quantitative estimate of drug-likeness (QED) is 0.416. The van der Waals surface area contributed by atoms with Crippen LogP contribution in [0.15, 0.2) is 30.6 Å². The molecule has 0 fully saturated rings. The van der Waals surface area contributed by atoms with E-state index in [-0.39, 0.29) is 29.8 Å². The molecule has 1 amide bonds. The van der Waals surface area contributed by atoms with Crippen molar-refractivity contribution in [1.29, 1.82) is 0 Å². The second-order valence-electron chi connectivity index (χ2n) is 6.55. The number of carbonyl (C=O) groups excluding carboxylic acids is 2. The van der Waals surface area contributed by atoms with Crippen LogP contribution in [-0.4, -0.2) is 50.0 Å². The van der Waals surface area contributed by atoms with Gasteiger partial charge in [0.2, 0.25) is 5.91 Å². The summed E-state index contributed by atoms with van der Waals surface area (Å²) in [5.41, 5.74) is 1.28. The van der Waals surface area contributed by atoms with Gasteiger partial charge in [-0.15, -0.1) is 0 Å². The van der Waals surface area contributed by atoms with E-state index in [1.165, 1.54) is 39.8 Å². The first kappa shape index (κ1) is 22.7. The molecule has 0 saturated heterocycles. The van der Waals surface area contributed by atoms with Crippen molar-refractivity contribution in [3.8, 4) is 11.5 Å². The number of amides is 1. The van der Waals surface area contributed by atoms with Gasteiger partial charge in [-0.1, -0.05) is 0 Å². The van der Waals surface area contributed by atoms with Crippen LogP contribution in [0.4, 0.5) is 26.4 Å². The third-order valence-corrected chi connectivity index (χ3v) is 4.38. The zero-order valence-electron chi connectivity index (χ0n) is 17.8. The maximum absolute atomic E-state index is 14.6. The molecule has 10 nitrogen and oxygen atoms in total. The van der Waals surface area contributed by atoms with Crippen molar-refractivity contribution in [2.24, 2.45) is 0 Å². The molecule has 0 atom stereocenters. The zero-order valence-corrected chi connectivity index (χ0v) is 17.8. The largest absolute Gasteiger partial charge is 0.513 e. The fourth-order valence-corrected chi connectivity index (χ4v) is 2.88. The highest BCUT2D eigenvalue weighted by Crippen LogP contribution is 2.34. The van der Waals surface area contributed by atoms with Crippen molar-refractivity contribution >= 4 is 40.2 Å². The minimum Gasteiger partial charge on any atom is -0.495 e. The van der Waals surface area contributed by atoms with E-state index in [1.807, 2.05) is 0 Å². The van der Waals surface area contributed by atoms with Crippen LogP contribution in [0.1, 0.15) is 5.56 Å². The van der Waals surface area contributed by atoms with E-state index >= 15 is 0 Å². The van der Waals surface area contributed by atoms with Crippen LogP contribution in [0, 0.1) is 12.7 Å². The van der Waals surface area contributed by atoms with Gasteiger partial charge in [-0.3, -0.25) is 4.79 Å². The molecule has 168 valence electrons. The lowest BCUT2D eigenvalue weighted by Crippen LogP contribution is -2.17. The number of carbonyl (C=O) groups is 2. The summed E-state index contributed by atoms with van der Waals surface area (Å²) in [6.45, 7) is 1.47. The Bertz CT molecular complexity index is 1170. The maximum atomic E-state index is 14.6. The Labute approximate surface area is 182 Å². The molecular weight excluding hydrogens is 423 g/mol. The van der Waals surface area contributed by atoms with E-state index in [2.05, 4.69) is 25.3 Å². The molecule has 11 heteroatoms. The molecule has 0 aliphatic heterocycles. The van der Waals surface area contributed by atoms with Crippen molar-refractivity contribution < 1.29 is 32.9 Å². The molecule has 0 spiro atoms. The normalized spacial score (nSPS) is 10.5. The summed E-state index contributed by atoms with van der Waals surface area (Å²) in [5, 5.41) is 6.07. The summed E-state index contributed by atoms with van der Waals surface area (Å²) in [6.07, 6.45) is 0.362. The van der Waals surface area contributed by atoms with Crippen molar-refractivity contribution in [2.45, 2.75) is 6.92 Å². The van der Waals surface area contributed by atoms with E-state index in [9.17, 15) is 14.0 Å². The van der Waals surface area contributed by atoms with Gasteiger partial charge in [0.15, 0.2) is 0 Å². The van der Waals surface area contributed by atoms with Gasteiger partial charge in [0, 0.05) is 18.6 Å². The molecule has 3 aromatic rings. The molecular formula is C21H21FN4O6. The van der Waals surface area contributed by atoms with Gasteiger partial charge in [0.05, 0.1) is 31.1 Å². The Balaban J connectivity index is 2.00. The summed E-state index contributed by atoms with van der Waals surface area (Å²) >= 11 is 0. The fraction of sp³-hybridized carbons (Fsp3) is 0.238. The van der Waals surface area contributed by atoms with Crippen LogP contribution in [0.3, 0.4) is 0 Å². The predicted octanol–water partition coefficient (Wildman–Crippen LogP) is 3.56. The van der Waals surface area contributed by atoms with Gasteiger partial charge in [0.1, 0.15) is 36.1 Å². The standard InChI is InChI=1S/C21H21FN4O6/c1-11-5-13(22)15(8-17(11)32-21(28)31-4)26-20-12-6-18(30-3)16(25-19(27)9-29-2)7-14(12)23-10-24-20/h5-8,10H,9H2,1-4H3,(H,25,27)(H,23,24,26). The lowest BCUT2D eigenvalue weighted by atomic mass is 10.1. The van der Waals surface area contributed by atoms with Gasteiger partial charge in [0.25, 0.3) is 0 Å². The molecule has 1 aromatic heterocycles. The molecule has 2 aromatic carbocycles.